The molecule has 1 unspecified atom stereocenters. The molecule has 19 heavy (non-hydrogen) atoms. The lowest BCUT2D eigenvalue weighted by molar-refractivity contribution is 0.564. The predicted octanol–water partition coefficient (Wildman–Crippen LogP) is 1.47. The first-order valence-electron chi connectivity index (χ1n) is 5.47. The second-order valence-electron chi connectivity index (χ2n) is 4.53. The van der Waals surface area contributed by atoms with E-state index >= 15 is 0 Å². The van der Waals surface area contributed by atoms with Crippen molar-refractivity contribution >= 4 is 35.8 Å². The van der Waals surface area contributed by atoms with Crippen LogP contribution in [0.15, 0.2) is 27.6 Å². The van der Waals surface area contributed by atoms with Crippen LogP contribution in [0, 0.1) is 6.92 Å². The fourth-order valence-electron chi connectivity index (χ4n) is 1.61. The summed E-state index contributed by atoms with van der Waals surface area (Å²) in [6.07, 6.45) is 1.07. The molecular weight excluding hydrogens is 354 g/mol. The van der Waals surface area contributed by atoms with Crippen molar-refractivity contribution < 1.29 is 16.8 Å². The van der Waals surface area contributed by atoms with Gasteiger partial charge in [0.25, 0.3) is 0 Å². The Morgan fingerprint density at radius 1 is 1.26 bits per heavy atom. The lowest BCUT2D eigenvalue weighted by Gasteiger charge is -2.13. The summed E-state index contributed by atoms with van der Waals surface area (Å²) >= 11 is 3.29. The molecule has 8 heteroatoms. The smallest absolute Gasteiger partial charge is 0.229 e. The number of benzene rings is 1. The molecule has 0 saturated heterocycles. The van der Waals surface area contributed by atoms with Gasteiger partial charge >= 0.3 is 0 Å². The Kier molecular flexibility index (Phi) is 5.16. The van der Waals surface area contributed by atoms with Crippen LogP contribution in [0.5, 0.6) is 0 Å². The highest BCUT2D eigenvalue weighted by Crippen LogP contribution is 2.20. The molecule has 1 aromatic rings. The van der Waals surface area contributed by atoms with Gasteiger partial charge in [-0.2, -0.15) is 0 Å². The molecule has 0 amide bonds. The first-order chi connectivity index (χ1) is 8.51. The van der Waals surface area contributed by atoms with Gasteiger partial charge in [-0.15, -0.1) is 0 Å². The second kappa shape index (κ2) is 5.90. The van der Waals surface area contributed by atoms with E-state index in [4.69, 9.17) is 0 Å². The molecule has 0 aliphatic heterocycles. The highest BCUT2D eigenvalue weighted by molar-refractivity contribution is 9.10. The molecule has 5 nitrogen and oxygen atoms in total. The van der Waals surface area contributed by atoms with Gasteiger partial charge in [0.05, 0.1) is 10.6 Å². The fraction of sp³-hybridized carbons (Fsp3) is 0.455. The van der Waals surface area contributed by atoms with Crippen molar-refractivity contribution in [2.24, 2.45) is 0 Å². The maximum Gasteiger partial charge on any atom is 0.240 e. The number of hydrogen-bond acceptors (Lipinski definition) is 4. The molecule has 108 valence electrons. The van der Waals surface area contributed by atoms with Crippen molar-refractivity contribution in [1.29, 1.82) is 0 Å². The summed E-state index contributed by atoms with van der Waals surface area (Å²) in [5.74, 6) is -0.234. The first kappa shape index (κ1) is 16.6. The zero-order valence-corrected chi connectivity index (χ0v) is 14.1. The maximum atomic E-state index is 12.1. The van der Waals surface area contributed by atoms with Gasteiger partial charge < -0.3 is 0 Å². The lowest BCUT2D eigenvalue weighted by atomic mass is 10.2. The molecule has 0 spiro atoms. The van der Waals surface area contributed by atoms with Crippen molar-refractivity contribution in [3.63, 3.8) is 0 Å². The molecule has 0 radical (unpaired) electrons. The highest BCUT2D eigenvalue weighted by atomic mass is 79.9. The van der Waals surface area contributed by atoms with Gasteiger partial charge in [0.2, 0.25) is 10.0 Å². The molecular formula is C11H16BrNO4S2. The minimum atomic E-state index is -3.71. The lowest BCUT2D eigenvalue weighted by Crippen LogP contribution is -2.37. The van der Waals surface area contributed by atoms with Crippen molar-refractivity contribution in [3.8, 4) is 0 Å². The van der Waals surface area contributed by atoms with Gasteiger partial charge in [-0.25, -0.2) is 21.6 Å². The number of sulfone groups is 1. The van der Waals surface area contributed by atoms with Crippen molar-refractivity contribution in [2.75, 3.05) is 12.0 Å². The highest BCUT2D eigenvalue weighted by Gasteiger charge is 2.20. The normalized spacial score (nSPS) is 14.3. The SMILES string of the molecule is Cc1cc(S(=O)(=O)NC(C)CS(C)(=O)=O)ccc1Br. The number of aryl methyl sites for hydroxylation is 1. The number of halogens is 1. The minimum absolute atomic E-state index is 0.119. The number of nitrogens with one attached hydrogen (secondary N) is 1. The van der Waals surface area contributed by atoms with Gasteiger partial charge in [0, 0.05) is 16.8 Å². The standard InChI is InChI=1S/C11H16BrNO4S2/c1-8-6-10(4-5-11(8)12)19(16,17)13-9(2)7-18(3,14)15/h4-6,9,13H,7H2,1-3H3. The van der Waals surface area contributed by atoms with E-state index < -0.39 is 25.9 Å². The van der Waals surface area contributed by atoms with E-state index in [0.717, 1.165) is 16.3 Å². The molecule has 1 aromatic carbocycles. The van der Waals surface area contributed by atoms with Crippen LogP contribution in [0.1, 0.15) is 12.5 Å². The van der Waals surface area contributed by atoms with E-state index in [1.54, 1.807) is 13.0 Å². The topological polar surface area (TPSA) is 80.3 Å². The van der Waals surface area contributed by atoms with Crippen LogP contribution in [0.3, 0.4) is 0 Å². The van der Waals surface area contributed by atoms with E-state index in [-0.39, 0.29) is 10.6 Å². The Morgan fingerprint density at radius 3 is 2.32 bits per heavy atom. The van der Waals surface area contributed by atoms with E-state index in [1.165, 1.54) is 19.1 Å². The Bertz CT molecular complexity index is 668. The number of hydrogen-bond donors (Lipinski definition) is 1. The molecule has 0 aliphatic rings. The third-order valence-electron chi connectivity index (χ3n) is 2.35. The Morgan fingerprint density at radius 2 is 1.84 bits per heavy atom. The molecule has 0 aliphatic carbocycles. The summed E-state index contributed by atoms with van der Waals surface area (Å²) in [6.45, 7) is 3.30. The summed E-state index contributed by atoms with van der Waals surface area (Å²) in [6, 6.07) is 3.96. The molecule has 0 fully saturated rings. The van der Waals surface area contributed by atoms with Crippen LogP contribution in [-0.4, -0.2) is 34.9 Å². The largest absolute Gasteiger partial charge is 0.240 e. The Hall–Kier alpha value is -0.440. The molecule has 0 aromatic heterocycles. The van der Waals surface area contributed by atoms with Crippen LogP contribution in [0.25, 0.3) is 0 Å². The third kappa shape index (κ3) is 5.21. The van der Waals surface area contributed by atoms with Crippen molar-refractivity contribution in [3.05, 3.63) is 28.2 Å². The summed E-state index contributed by atoms with van der Waals surface area (Å²) < 4.78 is 49.6. The van der Waals surface area contributed by atoms with Gasteiger partial charge in [0.15, 0.2) is 0 Å². The minimum Gasteiger partial charge on any atom is -0.229 e. The Labute approximate surface area is 122 Å². The van der Waals surface area contributed by atoms with Gasteiger partial charge in [-0.3, -0.25) is 0 Å². The molecule has 1 N–H and O–H groups in total. The molecule has 0 bridgehead atoms. The zero-order valence-electron chi connectivity index (χ0n) is 10.8. The summed E-state index contributed by atoms with van der Waals surface area (Å²) in [4.78, 5) is 0.119. The quantitative estimate of drug-likeness (QED) is 0.851. The van der Waals surface area contributed by atoms with E-state index in [2.05, 4.69) is 20.7 Å². The third-order valence-corrected chi connectivity index (χ3v) is 5.93. The van der Waals surface area contributed by atoms with Gasteiger partial charge in [-0.05, 0) is 37.6 Å². The van der Waals surface area contributed by atoms with Crippen molar-refractivity contribution in [2.45, 2.75) is 24.8 Å². The van der Waals surface area contributed by atoms with E-state index in [0.29, 0.717) is 0 Å². The predicted molar refractivity (Wildman–Crippen MR) is 78.4 cm³/mol. The average molecular weight is 370 g/mol. The average Bonchev–Trinajstić information content (AvgIpc) is 2.17. The van der Waals surface area contributed by atoms with Gasteiger partial charge in [-0.1, -0.05) is 15.9 Å². The van der Waals surface area contributed by atoms with E-state index in [9.17, 15) is 16.8 Å². The fourth-order valence-corrected chi connectivity index (χ4v) is 4.28. The summed E-state index contributed by atoms with van der Waals surface area (Å²) in [5.41, 5.74) is 0.790. The van der Waals surface area contributed by atoms with Crippen LogP contribution < -0.4 is 4.72 Å². The molecule has 1 atom stereocenters. The van der Waals surface area contributed by atoms with Crippen LogP contribution in [0.4, 0.5) is 0 Å². The Balaban J connectivity index is 2.95. The summed E-state index contributed by atoms with van der Waals surface area (Å²) in [7, 11) is -6.93. The van der Waals surface area contributed by atoms with Crippen LogP contribution >= 0.6 is 15.9 Å². The van der Waals surface area contributed by atoms with Gasteiger partial charge in [0.1, 0.15) is 9.84 Å². The molecule has 0 saturated carbocycles. The number of sulfonamides is 1. The zero-order chi connectivity index (χ0) is 14.8. The van der Waals surface area contributed by atoms with E-state index in [1.807, 2.05) is 0 Å². The molecule has 1 rings (SSSR count). The maximum absolute atomic E-state index is 12.1. The first-order valence-corrected chi connectivity index (χ1v) is 9.81. The van der Waals surface area contributed by atoms with Crippen LogP contribution in [0.2, 0.25) is 0 Å². The van der Waals surface area contributed by atoms with Crippen LogP contribution in [-0.2, 0) is 19.9 Å². The van der Waals surface area contributed by atoms with Crippen molar-refractivity contribution in [1.82, 2.24) is 4.72 Å². The second-order valence-corrected chi connectivity index (χ2v) is 9.28. The number of rotatable bonds is 5. The summed E-state index contributed by atoms with van der Waals surface area (Å²) in [5, 5.41) is 0. The molecule has 0 heterocycles. The monoisotopic (exact) mass is 369 g/mol.